The zero-order valence-electron chi connectivity index (χ0n) is 10.3. The van der Waals surface area contributed by atoms with Gasteiger partial charge in [-0.15, -0.1) is 11.3 Å². The molecule has 18 heavy (non-hydrogen) atoms. The van der Waals surface area contributed by atoms with Gasteiger partial charge in [-0.25, -0.2) is 19.7 Å². The number of aromatic nitrogens is 3. The zero-order chi connectivity index (χ0) is 13.3. The van der Waals surface area contributed by atoms with Gasteiger partial charge in [0.15, 0.2) is 0 Å². The fraction of sp³-hybridized carbons (Fsp3) is 0.333. The van der Waals surface area contributed by atoms with Crippen LogP contribution in [0.15, 0.2) is 12.3 Å². The van der Waals surface area contributed by atoms with E-state index in [1.54, 1.807) is 19.2 Å². The van der Waals surface area contributed by atoms with Crippen molar-refractivity contribution in [2.75, 3.05) is 0 Å². The summed E-state index contributed by atoms with van der Waals surface area (Å²) < 4.78 is 0. The Bertz CT molecular complexity index is 593. The molecule has 6 heteroatoms. The van der Waals surface area contributed by atoms with Crippen LogP contribution in [0.2, 0.25) is 0 Å². The van der Waals surface area contributed by atoms with Crippen molar-refractivity contribution in [1.29, 1.82) is 0 Å². The van der Waals surface area contributed by atoms with Crippen LogP contribution in [0.3, 0.4) is 0 Å². The second kappa shape index (κ2) is 4.81. The lowest BCUT2D eigenvalue weighted by molar-refractivity contribution is 0.0700. The molecule has 2 aromatic rings. The maximum Gasteiger partial charge on any atom is 0.347 e. The first-order valence-corrected chi connectivity index (χ1v) is 6.34. The Balaban J connectivity index is 2.53. The first-order chi connectivity index (χ1) is 8.49. The van der Waals surface area contributed by atoms with Crippen molar-refractivity contribution in [2.24, 2.45) is 0 Å². The molecule has 0 saturated heterocycles. The average molecular weight is 263 g/mol. The van der Waals surface area contributed by atoms with Gasteiger partial charge < -0.3 is 5.11 Å². The van der Waals surface area contributed by atoms with Crippen LogP contribution in [0.4, 0.5) is 0 Å². The largest absolute Gasteiger partial charge is 0.477 e. The fourth-order valence-corrected chi connectivity index (χ4v) is 2.59. The molecule has 0 bridgehead atoms. The Kier molecular flexibility index (Phi) is 3.38. The maximum atomic E-state index is 11.2. The summed E-state index contributed by atoms with van der Waals surface area (Å²) in [4.78, 5) is 24.1. The fourth-order valence-electron chi connectivity index (χ4n) is 1.56. The molecule has 2 aromatic heterocycles. The van der Waals surface area contributed by atoms with Crippen LogP contribution < -0.4 is 0 Å². The molecule has 0 amide bonds. The van der Waals surface area contributed by atoms with E-state index in [9.17, 15) is 4.79 Å². The molecule has 5 nitrogen and oxygen atoms in total. The summed E-state index contributed by atoms with van der Waals surface area (Å²) in [5, 5.41) is 9.79. The minimum atomic E-state index is -0.937. The highest BCUT2D eigenvalue weighted by Crippen LogP contribution is 2.30. The Labute approximate surface area is 109 Å². The quantitative estimate of drug-likeness (QED) is 0.921. The van der Waals surface area contributed by atoms with Gasteiger partial charge in [-0.3, -0.25) is 0 Å². The number of carbonyl (C=O) groups is 1. The van der Waals surface area contributed by atoms with Gasteiger partial charge in [-0.05, 0) is 18.9 Å². The molecular weight excluding hydrogens is 250 g/mol. The molecule has 0 spiro atoms. The van der Waals surface area contributed by atoms with Crippen LogP contribution in [0, 0.1) is 6.92 Å². The molecule has 0 unspecified atom stereocenters. The van der Waals surface area contributed by atoms with Crippen molar-refractivity contribution >= 4 is 17.3 Å². The minimum Gasteiger partial charge on any atom is -0.477 e. The van der Waals surface area contributed by atoms with Gasteiger partial charge in [0.2, 0.25) is 0 Å². The van der Waals surface area contributed by atoms with Gasteiger partial charge in [-0.2, -0.15) is 0 Å². The molecule has 0 atom stereocenters. The topological polar surface area (TPSA) is 76.0 Å². The molecule has 2 heterocycles. The summed E-state index contributed by atoms with van der Waals surface area (Å²) in [5.74, 6) is -0.220. The summed E-state index contributed by atoms with van der Waals surface area (Å²) in [6.07, 6.45) is 1.65. The molecule has 0 aromatic carbocycles. The van der Waals surface area contributed by atoms with Crippen molar-refractivity contribution in [2.45, 2.75) is 26.7 Å². The number of rotatable bonds is 3. The summed E-state index contributed by atoms with van der Waals surface area (Å²) in [5.41, 5.74) is 1.28. The van der Waals surface area contributed by atoms with Gasteiger partial charge in [0.05, 0.1) is 5.69 Å². The number of aryl methyl sites for hydroxylation is 1. The van der Waals surface area contributed by atoms with E-state index in [1.807, 2.05) is 13.8 Å². The van der Waals surface area contributed by atoms with E-state index in [1.165, 1.54) is 0 Å². The highest BCUT2D eigenvalue weighted by Gasteiger charge is 2.20. The van der Waals surface area contributed by atoms with Crippen LogP contribution in [0.25, 0.3) is 10.7 Å². The van der Waals surface area contributed by atoms with E-state index in [0.717, 1.165) is 11.3 Å². The first-order valence-electron chi connectivity index (χ1n) is 5.53. The molecule has 0 aliphatic heterocycles. The zero-order valence-corrected chi connectivity index (χ0v) is 11.2. The van der Waals surface area contributed by atoms with Gasteiger partial charge in [0.25, 0.3) is 0 Å². The normalized spacial score (nSPS) is 10.9. The molecule has 0 radical (unpaired) electrons. The number of carboxylic acids is 1. The first kappa shape index (κ1) is 12.6. The molecule has 1 N–H and O–H groups in total. The standard InChI is InChI=1S/C12H13N3O2S/c1-6(2)9-10(12(16)17)18-11(15-9)8-4-5-13-7(3)14-8/h4-6H,1-3H3,(H,16,17). The van der Waals surface area contributed by atoms with Crippen LogP contribution in [-0.4, -0.2) is 26.0 Å². The van der Waals surface area contributed by atoms with Crippen LogP contribution in [0.5, 0.6) is 0 Å². The second-order valence-corrected chi connectivity index (χ2v) is 5.18. The van der Waals surface area contributed by atoms with Gasteiger partial charge in [-0.1, -0.05) is 13.8 Å². The van der Waals surface area contributed by atoms with E-state index >= 15 is 0 Å². The molecule has 0 aliphatic rings. The van der Waals surface area contributed by atoms with Crippen molar-refractivity contribution < 1.29 is 9.90 Å². The van der Waals surface area contributed by atoms with Crippen molar-refractivity contribution in [3.63, 3.8) is 0 Å². The SMILES string of the molecule is Cc1nccc(-c2nc(C(C)C)c(C(=O)O)s2)n1. The maximum absolute atomic E-state index is 11.2. The van der Waals surface area contributed by atoms with Gasteiger partial charge >= 0.3 is 5.97 Å². The summed E-state index contributed by atoms with van der Waals surface area (Å²) in [6.45, 7) is 5.64. The van der Waals surface area contributed by atoms with Crippen molar-refractivity contribution in [3.8, 4) is 10.7 Å². The average Bonchev–Trinajstić information content (AvgIpc) is 2.73. The highest BCUT2D eigenvalue weighted by molar-refractivity contribution is 7.17. The van der Waals surface area contributed by atoms with E-state index in [-0.39, 0.29) is 10.8 Å². The third-order valence-corrected chi connectivity index (χ3v) is 3.47. The predicted molar refractivity (Wildman–Crippen MR) is 68.9 cm³/mol. The lowest BCUT2D eigenvalue weighted by Gasteiger charge is -2.00. The Morgan fingerprint density at radius 1 is 1.39 bits per heavy atom. The molecule has 0 aliphatic carbocycles. The molecule has 0 fully saturated rings. The number of carboxylic acid groups (broad SMARTS) is 1. The third kappa shape index (κ3) is 2.38. The highest BCUT2D eigenvalue weighted by atomic mass is 32.1. The predicted octanol–water partition coefficient (Wildman–Crippen LogP) is 2.73. The Morgan fingerprint density at radius 2 is 2.11 bits per heavy atom. The van der Waals surface area contributed by atoms with E-state index in [4.69, 9.17) is 5.11 Å². The number of aromatic carboxylic acids is 1. The number of nitrogens with zero attached hydrogens (tertiary/aromatic N) is 3. The van der Waals surface area contributed by atoms with Crippen LogP contribution >= 0.6 is 11.3 Å². The van der Waals surface area contributed by atoms with E-state index in [2.05, 4.69) is 15.0 Å². The van der Waals surface area contributed by atoms with E-state index in [0.29, 0.717) is 22.2 Å². The molecule has 0 saturated carbocycles. The summed E-state index contributed by atoms with van der Waals surface area (Å²) in [6, 6.07) is 1.74. The molecule has 94 valence electrons. The smallest absolute Gasteiger partial charge is 0.347 e. The summed E-state index contributed by atoms with van der Waals surface area (Å²) in [7, 11) is 0. The van der Waals surface area contributed by atoms with Crippen LogP contribution in [0.1, 0.15) is 41.0 Å². The van der Waals surface area contributed by atoms with Gasteiger partial charge in [0, 0.05) is 6.20 Å². The van der Waals surface area contributed by atoms with E-state index < -0.39 is 5.97 Å². The van der Waals surface area contributed by atoms with Crippen molar-refractivity contribution in [1.82, 2.24) is 15.0 Å². The lowest BCUT2D eigenvalue weighted by Crippen LogP contribution is -2.00. The summed E-state index contributed by atoms with van der Waals surface area (Å²) >= 11 is 1.16. The minimum absolute atomic E-state index is 0.0732. The third-order valence-electron chi connectivity index (χ3n) is 2.39. The number of hydrogen-bond acceptors (Lipinski definition) is 5. The Morgan fingerprint density at radius 3 is 2.61 bits per heavy atom. The lowest BCUT2D eigenvalue weighted by atomic mass is 10.1. The van der Waals surface area contributed by atoms with Crippen LogP contribution in [-0.2, 0) is 0 Å². The number of thiazole rings is 1. The van der Waals surface area contributed by atoms with Gasteiger partial charge in [0.1, 0.15) is 21.4 Å². The Hall–Kier alpha value is -1.82. The second-order valence-electron chi connectivity index (χ2n) is 4.18. The molecular formula is C12H13N3O2S. The number of hydrogen-bond donors (Lipinski definition) is 1. The molecule has 2 rings (SSSR count). The monoisotopic (exact) mass is 263 g/mol. The van der Waals surface area contributed by atoms with Crippen molar-refractivity contribution in [3.05, 3.63) is 28.7 Å².